The van der Waals surface area contributed by atoms with Crippen molar-refractivity contribution in [2.45, 2.75) is 98.7 Å². The second-order valence-electron chi connectivity index (χ2n) is 19.5. The maximum absolute atomic E-state index is 13.1. The van der Waals surface area contributed by atoms with Crippen molar-refractivity contribution in [2.75, 3.05) is 47.0 Å². The van der Waals surface area contributed by atoms with Crippen molar-refractivity contribution >= 4 is 93.5 Å². The molecule has 7 heterocycles. The Morgan fingerprint density at radius 2 is 1.20 bits per heavy atom. The number of nitrogen functional groups attached to an aromatic ring is 2. The molecule has 7 aromatic rings. The van der Waals surface area contributed by atoms with E-state index in [-0.39, 0.29) is 70.0 Å². The molecule has 79 heavy (non-hydrogen) atoms. The molecular weight excluding hydrogens is 1090 g/mol. The van der Waals surface area contributed by atoms with Gasteiger partial charge in [-0.15, -0.1) is 10.3 Å². The lowest BCUT2D eigenvalue weighted by molar-refractivity contribution is -0.139. The zero-order valence-corrected chi connectivity index (χ0v) is 45.4. The van der Waals surface area contributed by atoms with Crippen molar-refractivity contribution in [3.05, 3.63) is 91.2 Å². The first kappa shape index (κ1) is 58.5. The highest BCUT2D eigenvalue weighted by Gasteiger charge is 2.49. The number of nitrogens with one attached hydrogen (secondary N) is 1. The summed E-state index contributed by atoms with van der Waals surface area (Å²) in [4.78, 5) is 63.3. The van der Waals surface area contributed by atoms with Crippen LogP contribution in [0.4, 0.5) is 11.6 Å². The summed E-state index contributed by atoms with van der Waals surface area (Å²) >= 11 is 0. The topological polar surface area (TPSA) is 451 Å². The highest BCUT2D eigenvalue weighted by atomic mass is 32.3. The number of ether oxygens (including phenoxy) is 2. The van der Waals surface area contributed by atoms with Crippen LogP contribution in [0.5, 0.6) is 0 Å². The number of nitrogens with two attached hydrogens (primary N) is 4. The maximum atomic E-state index is 13.1. The van der Waals surface area contributed by atoms with E-state index < -0.39 is 110 Å². The number of aliphatic hydroxyl groups excluding tert-OH is 4. The molecule has 15 N–H and O–H groups in total. The number of rotatable bonds is 21. The van der Waals surface area contributed by atoms with Gasteiger partial charge in [-0.05, 0) is 62.5 Å². The van der Waals surface area contributed by atoms with Gasteiger partial charge < -0.3 is 72.2 Å². The molecule has 2 aliphatic heterocycles. The largest absolute Gasteiger partial charge is 0.480 e. The van der Waals surface area contributed by atoms with E-state index in [9.17, 15) is 53.4 Å². The minimum atomic E-state index is -4.26. The van der Waals surface area contributed by atoms with E-state index in [2.05, 4.69) is 34.9 Å². The molecule has 0 bridgehead atoms. The molecule has 31 heteroatoms. The van der Waals surface area contributed by atoms with Crippen LogP contribution in [-0.2, 0) is 48.2 Å². The zero-order valence-electron chi connectivity index (χ0n) is 42.9. The molecule has 2 aromatic carbocycles. The fraction of sp³-hybridized carbons (Fsp3) is 0.438. The van der Waals surface area contributed by atoms with Crippen molar-refractivity contribution in [2.24, 2.45) is 11.5 Å². The second kappa shape index (κ2) is 24.0. The molecule has 2 saturated heterocycles. The lowest BCUT2D eigenvalue weighted by atomic mass is 10.1. The monoisotopic (exact) mass is 1160 g/mol. The first-order valence-electron chi connectivity index (χ1n) is 24.5. The lowest BCUT2D eigenvalue weighted by Gasteiger charge is -2.37. The van der Waals surface area contributed by atoms with Gasteiger partial charge in [-0.3, -0.25) is 23.5 Å². The summed E-state index contributed by atoms with van der Waals surface area (Å²) in [6.07, 6.45) is 1.14. The quantitative estimate of drug-likeness (QED) is 0.0472. The SMILES string of the molecule is CS(CC[C@H](N)C(=O)O)(C[C@H]1O[C@@H](n2cnc3c(N)ncnc32)[C@H](O)[C@@H]1O)OC(=O)CCc1c[nH]c2ccccc12.Cc1ccc(S(=O)(=O)OS(C)(CC[C@H](N)C(=O)O)C[C@H]2O[C@@H](n3cnc4c(N)ncnc43)[C@H](O)[C@@H]2O)cc1. The summed E-state index contributed by atoms with van der Waals surface area (Å²) in [7, 11) is -9.27. The number of carboxylic acid groups (broad SMARTS) is 2. The number of aliphatic carboxylic acids is 2. The van der Waals surface area contributed by atoms with Crippen molar-refractivity contribution in [3.63, 3.8) is 0 Å². The van der Waals surface area contributed by atoms with Gasteiger partial charge in [0.25, 0.3) is 0 Å². The predicted octanol–water partition coefficient (Wildman–Crippen LogP) is 0.729. The molecule has 2 fully saturated rings. The molecule has 0 amide bonds. The van der Waals surface area contributed by atoms with Crippen LogP contribution in [0.2, 0.25) is 0 Å². The van der Waals surface area contributed by atoms with Gasteiger partial charge in [-0.1, -0.05) is 46.2 Å². The molecule has 2 unspecified atom stereocenters. The molecule has 5 aromatic heterocycles. The van der Waals surface area contributed by atoms with Crippen molar-refractivity contribution in [3.8, 4) is 0 Å². The Morgan fingerprint density at radius 3 is 1.72 bits per heavy atom. The van der Waals surface area contributed by atoms with Crippen LogP contribution < -0.4 is 22.9 Å². The number of aliphatic hydroxyl groups is 4. The van der Waals surface area contributed by atoms with Crippen molar-refractivity contribution in [1.29, 1.82) is 0 Å². The van der Waals surface area contributed by atoms with E-state index in [0.29, 0.717) is 17.6 Å². The number of H-pyrrole nitrogens is 1. The standard InChI is InChI=1S/C26H33N7O7S.C22H30N6O8S2/c1-41(9-8-16(27)26(37)38,40-19(34)7-6-14-10-29-17-5-3-2-4-15(14)17)11-18-21(35)22(36)25(39-18)33-13-32-20-23(28)30-12-31-24(20)33;1-12-3-5-13(6-4-12)38(33,34)36-37(2,8-7-14(23)22(31)32)9-15-17(29)18(30)21(35-15)28-11-27-16-19(24)25-10-26-20(16)28/h2-5,10,12-13,16,18,21-22,25,29,35-36H,6-9,11,27H2,1H3,(H,37,38)(H2,28,30,31);3-6,10-11,14-15,17-18,21,29-30H,7-9,23H2,1-2H3,(H,31,32)(H2,24,25,26)/t16-,18+,21+,22+,25+;14-,15+,17+,18+,21+/m00/s1. The van der Waals surface area contributed by atoms with E-state index in [4.69, 9.17) is 40.2 Å². The van der Waals surface area contributed by atoms with E-state index >= 15 is 0 Å². The van der Waals surface area contributed by atoms with Gasteiger partial charge in [0.15, 0.2) is 35.4 Å². The molecular formula is C48H63N13O15S3. The fourth-order valence-corrected chi connectivity index (χ4v) is 16.6. The molecule has 428 valence electrons. The third-order valence-corrected chi connectivity index (χ3v) is 21.3. The maximum Gasteiger partial charge on any atom is 0.320 e. The van der Waals surface area contributed by atoms with Gasteiger partial charge in [-0.2, -0.15) is 8.42 Å². The number of carbonyl (C=O) groups is 3. The van der Waals surface area contributed by atoms with E-state index in [1.165, 1.54) is 46.6 Å². The summed E-state index contributed by atoms with van der Waals surface area (Å²) in [6, 6.07) is 11.4. The summed E-state index contributed by atoms with van der Waals surface area (Å²) in [5.74, 6) is -2.52. The lowest BCUT2D eigenvalue weighted by Crippen LogP contribution is -2.37. The summed E-state index contributed by atoms with van der Waals surface area (Å²) in [6.45, 7) is 1.81. The van der Waals surface area contributed by atoms with Gasteiger partial charge in [-0.25, -0.2) is 33.5 Å². The highest BCUT2D eigenvalue weighted by molar-refractivity contribution is 8.32. The van der Waals surface area contributed by atoms with Crippen LogP contribution in [0.25, 0.3) is 33.2 Å². The van der Waals surface area contributed by atoms with Crippen LogP contribution >= 0.6 is 20.6 Å². The molecule has 28 nitrogen and oxygen atoms in total. The molecule has 0 aliphatic carbocycles. The van der Waals surface area contributed by atoms with Gasteiger partial charge in [0.2, 0.25) is 0 Å². The summed E-state index contributed by atoms with van der Waals surface area (Å²) in [5, 5.41) is 63.0. The minimum Gasteiger partial charge on any atom is -0.480 e. The Hall–Kier alpha value is -6.62. The number of imidazole rings is 2. The smallest absolute Gasteiger partial charge is 0.320 e. The number of nitrogens with zero attached hydrogens (tertiary/aromatic N) is 8. The number of carboxylic acids is 2. The Labute approximate surface area is 454 Å². The van der Waals surface area contributed by atoms with E-state index in [0.717, 1.165) is 22.0 Å². The number of benzene rings is 2. The number of aryl methyl sites for hydroxylation is 2. The average molecular weight is 1160 g/mol. The number of para-hydroxylation sites is 1. The van der Waals surface area contributed by atoms with Gasteiger partial charge in [0, 0.05) is 40.1 Å². The predicted molar refractivity (Wildman–Crippen MR) is 290 cm³/mol. The van der Waals surface area contributed by atoms with Gasteiger partial charge >= 0.3 is 28.0 Å². The molecule has 0 spiro atoms. The third-order valence-electron chi connectivity index (χ3n) is 13.5. The number of hydrogen-bond donors (Lipinski definition) is 11. The average Bonchev–Trinajstić information content (AvgIpc) is 4.43. The fourth-order valence-electron chi connectivity index (χ4n) is 9.11. The Morgan fingerprint density at radius 1 is 0.709 bits per heavy atom. The number of anilines is 2. The second-order valence-corrected chi connectivity index (χ2v) is 27.8. The number of fused-ring (bicyclic) bond motifs is 3. The Bertz CT molecular complexity index is 3430. The molecule has 12 atom stereocenters. The number of aromatic amines is 1. The summed E-state index contributed by atoms with van der Waals surface area (Å²) < 4.78 is 52.9. The molecule has 9 rings (SSSR count). The zero-order chi connectivity index (χ0) is 57.1. The Balaban J connectivity index is 0.000000209. The molecule has 0 saturated carbocycles. The van der Waals surface area contributed by atoms with Crippen LogP contribution in [0.3, 0.4) is 0 Å². The van der Waals surface area contributed by atoms with Crippen LogP contribution in [0.1, 0.15) is 42.8 Å². The van der Waals surface area contributed by atoms with Crippen LogP contribution in [0, 0.1) is 6.92 Å². The molecule has 0 radical (unpaired) electrons. The van der Waals surface area contributed by atoms with Crippen molar-refractivity contribution < 1.29 is 70.7 Å². The van der Waals surface area contributed by atoms with Crippen molar-refractivity contribution in [1.82, 2.24) is 44.0 Å². The van der Waals surface area contributed by atoms with E-state index in [1.807, 2.05) is 37.4 Å². The number of hydrogen-bond acceptors (Lipinski definition) is 23. The Kier molecular flexibility index (Phi) is 17.8. The minimum absolute atomic E-state index is 0.0172. The summed E-state index contributed by atoms with van der Waals surface area (Å²) in [5.41, 5.74) is 27.1. The number of aromatic nitrogens is 9. The van der Waals surface area contributed by atoms with Gasteiger partial charge in [0.05, 0.1) is 36.2 Å². The normalized spacial score (nSPS) is 24.5. The van der Waals surface area contributed by atoms with Gasteiger partial charge in [0.1, 0.15) is 60.2 Å². The third kappa shape index (κ3) is 13.2. The van der Waals surface area contributed by atoms with Crippen LogP contribution in [-0.4, -0.2) is 185 Å². The molecule has 2 aliphatic rings. The highest BCUT2D eigenvalue weighted by Crippen LogP contribution is 2.52. The first-order chi connectivity index (χ1) is 37.4. The van der Waals surface area contributed by atoms with Crippen LogP contribution in [0.15, 0.2) is 84.9 Å². The number of carbonyl (C=O) groups excluding carboxylic acids is 1. The van der Waals surface area contributed by atoms with E-state index in [1.54, 1.807) is 24.6 Å². The first-order valence-corrected chi connectivity index (χ1v) is 30.5.